The van der Waals surface area contributed by atoms with Gasteiger partial charge in [-0.3, -0.25) is 4.79 Å². The number of nitrogens with zero attached hydrogens (tertiary/aromatic N) is 2. The van der Waals surface area contributed by atoms with E-state index in [1.54, 1.807) is 6.20 Å². The summed E-state index contributed by atoms with van der Waals surface area (Å²) < 4.78 is 0. The van der Waals surface area contributed by atoms with Crippen LogP contribution in [0.25, 0.3) is 11.3 Å². The number of carbonyl (C=O) groups excluding carboxylic acids is 1. The normalized spacial score (nSPS) is 11.7. The van der Waals surface area contributed by atoms with E-state index < -0.39 is 6.10 Å². The third-order valence-electron chi connectivity index (χ3n) is 5.21. The van der Waals surface area contributed by atoms with Crippen LogP contribution in [0.5, 0.6) is 0 Å². The molecule has 0 aliphatic carbocycles. The summed E-state index contributed by atoms with van der Waals surface area (Å²) in [7, 11) is 0. The molecule has 0 saturated heterocycles. The standard InChI is InChI=1S/C27H25N3O2/c31-24(18-10-13-20-11-4-1-5-12-20)30-27-25(26(32)22-16-8-3-9-17-22)29-23(19-28-27)21-14-6-2-7-15-21/h1-9,11-12,14-17,19,26,32H,10,13,18H2,(H,28,30,31). The van der Waals surface area contributed by atoms with Crippen LogP contribution >= 0.6 is 0 Å². The fourth-order valence-electron chi connectivity index (χ4n) is 3.52. The Labute approximate surface area is 187 Å². The summed E-state index contributed by atoms with van der Waals surface area (Å²) in [6.45, 7) is 0. The van der Waals surface area contributed by atoms with Crippen molar-refractivity contribution in [2.75, 3.05) is 5.32 Å². The van der Waals surface area contributed by atoms with Gasteiger partial charge in [-0.05, 0) is 24.0 Å². The molecule has 1 heterocycles. The van der Waals surface area contributed by atoms with E-state index in [0.717, 1.165) is 18.4 Å². The van der Waals surface area contributed by atoms with Crippen LogP contribution in [0.2, 0.25) is 0 Å². The smallest absolute Gasteiger partial charge is 0.225 e. The topological polar surface area (TPSA) is 75.1 Å². The van der Waals surface area contributed by atoms with Gasteiger partial charge in [0.05, 0.1) is 11.9 Å². The van der Waals surface area contributed by atoms with Crippen molar-refractivity contribution in [2.24, 2.45) is 0 Å². The maximum Gasteiger partial charge on any atom is 0.225 e. The van der Waals surface area contributed by atoms with Gasteiger partial charge in [0, 0.05) is 12.0 Å². The minimum atomic E-state index is -1.01. The number of hydrogen-bond acceptors (Lipinski definition) is 4. The van der Waals surface area contributed by atoms with Crippen molar-refractivity contribution in [2.45, 2.75) is 25.4 Å². The summed E-state index contributed by atoms with van der Waals surface area (Å²) in [5.74, 6) is 0.134. The van der Waals surface area contributed by atoms with Crippen molar-refractivity contribution >= 4 is 11.7 Å². The van der Waals surface area contributed by atoms with Gasteiger partial charge in [-0.2, -0.15) is 0 Å². The molecular formula is C27H25N3O2. The Morgan fingerprint density at radius 3 is 2.19 bits per heavy atom. The van der Waals surface area contributed by atoms with E-state index in [1.165, 1.54) is 5.56 Å². The van der Waals surface area contributed by atoms with Crippen LogP contribution in [0.4, 0.5) is 5.82 Å². The van der Waals surface area contributed by atoms with Crippen molar-refractivity contribution in [1.29, 1.82) is 0 Å². The zero-order valence-electron chi connectivity index (χ0n) is 17.7. The molecule has 0 aliphatic rings. The number of amides is 1. The maximum absolute atomic E-state index is 12.6. The highest BCUT2D eigenvalue weighted by atomic mass is 16.3. The SMILES string of the molecule is O=C(CCCc1ccccc1)Nc1ncc(-c2ccccc2)nc1C(O)c1ccccc1. The van der Waals surface area contributed by atoms with E-state index in [0.29, 0.717) is 23.4 Å². The summed E-state index contributed by atoms with van der Waals surface area (Å²) in [5, 5.41) is 13.9. The summed E-state index contributed by atoms with van der Waals surface area (Å²) in [6.07, 6.45) is 2.52. The second-order valence-electron chi connectivity index (χ2n) is 7.56. The van der Waals surface area contributed by atoms with Gasteiger partial charge < -0.3 is 10.4 Å². The average molecular weight is 424 g/mol. The lowest BCUT2D eigenvalue weighted by molar-refractivity contribution is -0.116. The van der Waals surface area contributed by atoms with Crippen LogP contribution in [-0.4, -0.2) is 21.0 Å². The first-order chi connectivity index (χ1) is 15.7. The number of aryl methyl sites for hydroxylation is 1. The number of aliphatic hydroxyl groups is 1. The Morgan fingerprint density at radius 1 is 0.875 bits per heavy atom. The number of benzene rings is 3. The lowest BCUT2D eigenvalue weighted by atomic mass is 10.1. The van der Waals surface area contributed by atoms with Gasteiger partial charge >= 0.3 is 0 Å². The second kappa shape index (κ2) is 10.5. The zero-order valence-corrected chi connectivity index (χ0v) is 17.7. The van der Waals surface area contributed by atoms with Crippen LogP contribution in [0.15, 0.2) is 97.2 Å². The molecular weight excluding hydrogens is 398 g/mol. The van der Waals surface area contributed by atoms with Crippen LogP contribution in [0, 0.1) is 0 Å². The molecule has 0 aliphatic heterocycles. The number of rotatable bonds is 8. The first kappa shape index (κ1) is 21.4. The van der Waals surface area contributed by atoms with E-state index in [-0.39, 0.29) is 11.7 Å². The van der Waals surface area contributed by atoms with E-state index in [4.69, 9.17) is 0 Å². The molecule has 0 radical (unpaired) electrons. The molecule has 2 N–H and O–H groups in total. The van der Waals surface area contributed by atoms with Crippen LogP contribution in [0.1, 0.15) is 35.8 Å². The highest BCUT2D eigenvalue weighted by molar-refractivity contribution is 5.90. The van der Waals surface area contributed by atoms with Crippen molar-refractivity contribution in [3.8, 4) is 11.3 Å². The summed E-state index contributed by atoms with van der Waals surface area (Å²) in [6, 6.07) is 29.0. The van der Waals surface area contributed by atoms with Crippen molar-refractivity contribution in [3.05, 3.63) is 114 Å². The Morgan fingerprint density at radius 2 is 1.50 bits per heavy atom. The van der Waals surface area contributed by atoms with Crippen LogP contribution < -0.4 is 5.32 Å². The molecule has 1 unspecified atom stereocenters. The predicted octanol–water partition coefficient (Wildman–Crippen LogP) is 5.19. The predicted molar refractivity (Wildman–Crippen MR) is 126 cm³/mol. The van der Waals surface area contributed by atoms with E-state index in [1.807, 2.05) is 78.9 Å². The fraction of sp³-hybridized carbons (Fsp3) is 0.148. The number of aliphatic hydroxyl groups excluding tert-OH is 1. The molecule has 0 bridgehead atoms. The Bertz CT molecular complexity index is 1150. The largest absolute Gasteiger partial charge is 0.382 e. The average Bonchev–Trinajstić information content (AvgIpc) is 2.85. The summed E-state index contributed by atoms with van der Waals surface area (Å²) >= 11 is 0. The van der Waals surface area contributed by atoms with Gasteiger partial charge in [0.1, 0.15) is 11.8 Å². The van der Waals surface area contributed by atoms with Gasteiger partial charge in [0.25, 0.3) is 0 Å². The van der Waals surface area contributed by atoms with Crippen molar-refractivity contribution < 1.29 is 9.90 Å². The molecule has 1 atom stereocenters. The van der Waals surface area contributed by atoms with E-state index >= 15 is 0 Å². The van der Waals surface area contributed by atoms with Gasteiger partial charge in [-0.1, -0.05) is 91.0 Å². The molecule has 160 valence electrons. The molecule has 5 heteroatoms. The molecule has 4 aromatic rings. The maximum atomic E-state index is 12.6. The van der Waals surface area contributed by atoms with Gasteiger partial charge in [-0.15, -0.1) is 0 Å². The van der Waals surface area contributed by atoms with Gasteiger partial charge in [0.15, 0.2) is 5.82 Å². The molecule has 0 fully saturated rings. The number of anilines is 1. The van der Waals surface area contributed by atoms with Crippen molar-refractivity contribution in [3.63, 3.8) is 0 Å². The minimum absolute atomic E-state index is 0.149. The summed E-state index contributed by atoms with van der Waals surface area (Å²) in [5.41, 5.74) is 3.74. The number of hydrogen-bond donors (Lipinski definition) is 2. The molecule has 32 heavy (non-hydrogen) atoms. The van der Waals surface area contributed by atoms with E-state index in [9.17, 15) is 9.90 Å². The molecule has 4 rings (SSSR count). The van der Waals surface area contributed by atoms with Gasteiger partial charge in [0.2, 0.25) is 5.91 Å². The quantitative estimate of drug-likeness (QED) is 0.409. The van der Waals surface area contributed by atoms with Crippen LogP contribution in [-0.2, 0) is 11.2 Å². The highest BCUT2D eigenvalue weighted by Crippen LogP contribution is 2.28. The highest BCUT2D eigenvalue weighted by Gasteiger charge is 2.20. The monoisotopic (exact) mass is 423 g/mol. The third-order valence-corrected chi connectivity index (χ3v) is 5.21. The Balaban J connectivity index is 1.54. The second-order valence-corrected chi connectivity index (χ2v) is 7.56. The number of aromatic nitrogens is 2. The zero-order chi connectivity index (χ0) is 22.2. The molecule has 1 amide bonds. The molecule has 1 aromatic heterocycles. The third kappa shape index (κ3) is 5.45. The molecule has 5 nitrogen and oxygen atoms in total. The fourth-order valence-corrected chi connectivity index (χ4v) is 3.52. The number of nitrogens with one attached hydrogen (secondary N) is 1. The van der Waals surface area contributed by atoms with Gasteiger partial charge in [-0.25, -0.2) is 9.97 Å². The number of carbonyl (C=O) groups is 1. The molecule has 3 aromatic carbocycles. The molecule has 0 saturated carbocycles. The lowest BCUT2D eigenvalue weighted by Crippen LogP contribution is -2.17. The first-order valence-corrected chi connectivity index (χ1v) is 10.7. The molecule has 0 spiro atoms. The summed E-state index contributed by atoms with van der Waals surface area (Å²) in [4.78, 5) is 21.7. The Hall–Kier alpha value is -3.83. The van der Waals surface area contributed by atoms with Crippen molar-refractivity contribution in [1.82, 2.24) is 9.97 Å². The minimum Gasteiger partial charge on any atom is -0.382 e. The Kier molecular flexibility index (Phi) is 7.00. The van der Waals surface area contributed by atoms with Crippen LogP contribution in [0.3, 0.4) is 0 Å². The van der Waals surface area contributed by atoms with E-state index in [2.05, 4.69) is 27.4 Å². The first-order valence-electron chi connectivity index (χ1n) is 10.7. The lowest BCUT2D eigenvalue weighted by Gasteiger charge is -2.16.